The summed E-state index contributed by atoms with van der Waals surface area (Å²) in [5.74, 6) is -0.827. The van der Waals surface area contributed by atoms with Crippen LogP contribution in [0.3, 0.4) is 0 Å². The third-order valence-electron chi connectivity index (χ3n) is 2.45. The molecule has 0 fully saturated rings. The van der Waals surface area contributed by atoms with Gasteiger partial charge in [0.05, 0.1) is 24.1 Å². The molecule has 9 heteroatoms. The van der Waals surface area contributed by atoms with Crippen LogP contribution in [0.25, 0.3) is 0 Å². The first kappa shape index (κ1) is 20.1. The van der Waals surface area contributed by atoms with E-state index in [-0.39, 0.29) is 58.8 Å². The van der Waals surface area contributed by atoms with Crippen molar-refractivity contribution in [2.45, 2.75) is 25.2 Å². The number of hydrogen-bond donors (Lipinski definition) is 1. The van der Waals surface area contributed by atoms with Crippen molar-refractivity contribution in [3.05, 3.63) is 17.7 Å². The van der Waals surface area contributed by atoms with E-state index in [0.29, 0.717) is 0 Å². The number of ether oxygens (including phenoxy) is 1. The number of carbonyl (C=O) groups excluding carboxylic acids is 2. The van der Waals surface area contributed by atoms with Crippen molar-refractivity contribution < 1.29 is 56.9 Å². The maximum Gasteiger partial charge on any atom is 1.00 e. The van der Waals surface area contributed by atoms with Gasteiger partial charge in [-0.3, -0.25) is 9.59 Å². The summed E-state index contributed by atoms with van der Waals surface area (Å²) in [6.07, 6.45) is -0.302. The van der Waals surface area contributed by atoms with Crippen LogP contribution in [-0.2, 0) is 19.7 Å². The van der Waals surface area contributed by atoms with Gasteiger partial charge in [0.25, 0.3) is 0 Å². The van der Waals surface area contributed by atoms with Gasteiger partial charge >= 0.3 is 29.6 Å². The van der Waals surface area contributed by atoms with E-state index >= 15 is 0 Å². The molecule has 0 saturated carbocycles. The summed E-state index contributed by atoms with van der Waals surface area (Å²) in [5.41, 5.74) is 0.377. The first-order valence-electron chi connectivity index (χ1n) is 5.59. The van der Waals surface area contributed by atoms with Crippen LogP contribution in [0.2, 0.25) is 0 Å². The Bertz CT molecular complexity index is 656. The van der Waals surface area contributed by atoms with Crippen LogP contribution in [0.15, 0.2) is 17.0 Å². The number of methoxy groups -OCH3 is 1. The molecule has 0 aromatic heterocycles. The molecule has 1 aromatic carbocycles. The summed E-state index contributed by atoms with van der Waals surface area (Å²) < 4.78 is 38.1. The quantitative estimate of drug-likeness (QED) is 0.375. The Morgan fingerprint density at radius 2 is 1.90 bits per heavy atom. The Kier molecular flexibility index (Phi) is 7.55. The van der Waals surface area contributed by atoms with Crippen LogP contribution in [0.4, 0.5) is 5.69 Å². The number of aryl methyl sites for hydroxylation is 1. The van der Waals surface area contributed by atoms with E-state index in [2.05, 4.69) is 5.32 Å². The molecule has 0 saturated heterocycles. The minimum absolute atomic E-state index is 0. The number of nitrogens with one attached hydrogen (secondary N) is 1. The number of anilines is 1. The predicted molar refractivity (Wildman–Crippen MR) is 69.6 cm³/mol. The van der Waals surface area contributed by atoms with E-state index in [1.165, 1.54) is 27.0 Å². The van der Waals surface area contributed by atoms with Crippen LogP contribution in [-0.4, -0.2) is 31.8 Å². The van der Waals surface area contributed by atoms with Gasteiger partial charge in [0.1, 0.15) is 21.7 Å². The SMILES string of the molecule is COc1cc(S(=O)(=O)[O-])c(C)cc1NC(=O)CC(C)=O.[Na+]. The topological polar surface area (TPSA) is 113 Å². The van der Waals surface area contributed by atoms with Gasteiger partial charge in [0.15, 0.2) is 0 Å². The first-order valence-corrected chi connectivity index (χ1v) is 6.99. The van der Waals surface area contributed by atoms with Gasteiger partial charge in [-0.1, -0.05) is 0 Å². The fourth-order valence-corrected chi connectivity index (χ4v) is 2.33. The second-order valence-corrected chi connectivity index (χ2v) is 5.55. The van der Waals surface area contributed by atoms with Crippen LogP contribution in [0.5, 0.6) is 5.75 Å². The zero-order chi connectivity index (χ0) is 15.5. The van der Waals surface area contributed by atoms with Crippen LogP contribution in [0, 0.1) is 6.92 Å². The molecule has 0 heterocycles. The number of ketones is 1. The van der Waals surface area contributed by atoms with Crippen molar-refractivity contribution in [1.29, 1.82) is 0 Å². The zero-order valence-electron chi connectivity index (χ0n) is 12.2. The largest absolute Gasteiger partial charge is 1.00 e. The van der Waals surface area contributed by atoms with Gasteiger partial charge in [-0.15, -0.1) is 0 Å². The molecule has 21 heavy (non-hydrogen) atoms. The summed E-state index contributed by atoms with van der Waals surface area (Å²) in [5, 5.41) is 2.43. The number of carbonyl (C=O) groups is 2. The molecule has 1 aromatic rings. The van der Waals surface area contributed by atoms with Crippen molar-refractivity contribution in [3.8, 4) is 5.75 Å². The van der Waals surface area contributed by atoms with Gasteiger partial charge in [-0.25, -0.2) is 8.42 Å². The molecule has 1 amide bonds. The van der Waals surface area contributed by atoms with E-state index in [1.54, 1.807) is 0 Å². The average molecular weight is 323 g/mol. The minimum atomic E-state index is -4.63. The van der Waals surface area contributed by atoms with Crippen molar-refractivity contribution in [1.82, 2.24) is 0 Å². The van der Waals surface area contributed by atoms with Gasteiger partial charge in [-0.2, -0.15) is 0 Å². The number of benzene rings is 1. The molecule has 0 aliphatic heterocycles. The van der Waals surface area contributed by atoms with Crippen LogP contribution >= 0.6 is 0 Å². The smallest absolute Gasteiger partial charge is 0.744 e. The number of rotatable bonds is 5. The Labute approximate surface area is 145 Å². The fourth-order valence-electron chi connectivity index (χ4n) is 1.63. The molecule has 0 bridgehead atoms. The van der Waals surface area contributed by atoms with Crippen molar-refractivity contribution >= 4 is 27.5 Å². The summed E-state index contributed by atoms with van der Waals surface area (Å²) in [7, 11) is -3.36. The molecular formula is C12H14NNaO6S. The molecule has 1 rings (SSSR count). The van der Waals surface area contributed by atoms with E-state index in [0.717, 1.165) is 6.07 Å². The molecule has 0 spiro atoms. The zero-order valence-corrected chi connectivity index (χ0v) is 15.0. The summed E-state index contributed by atoms with van der Waals surface area (Å²) >= 11 is 0. The summed E-state index contributed by atoms with van der Waals surface area (Å²) in [4.78, 5) is 21.9. The molecule has 0 aliphatic carbocycles. The minimum Gasteiger partial charge on any atom is -0.744 e. The molecule has 1 N–H and O–H groups in total. The van der Waals surface area contributed by atoms with Gasteiger partial charge < -0.3 is 14.6 Å². The number of Topliss-reactive ketones (excluding diaryl/α,β-unsaturated/α-hetero) is 1. The van der Waals surface area contributed by atoms with Gasteiger partial charge in [0.2, 0.25) is 5.91 Å². The first-order chi connectivity index (χ1) is 9.15. The summed E-state index contributed by atoms with van der Waals surface area (Å²) in [6, 6.07) is 2.35. The molecular weight excluding hydrogens is 309 g/mol. The standard InChI is InChI=1S/C12H15NO6S.Na/c1-7-4-9(13-12(15)5-8(2)14)10(19-3)6-11(7)20(16,17)18;/h4,6H,5H2,1-3H3,(H,13,15)(H,16,17,18);/q;+1/p-1. The Hall–Kier alpha value is -0.930. The monoisotopic (exact) mass is 323 g/mol. The fraction of sp³-hybridized carbons (Fsp3) is 0.333. The van der Waals surface area contributed by atoms with Crippen LogP contribution < -0.4 is 39.6 Å². The molecule has 0 aliphatic rings. The maximum atomic E-state index is 11.5. The van der Waals surface area contributed by atoms with Gasteiger partial charge in [0, 0.05) is 6.07 Å². The van der Waals surface area contributed by atoms with Crippen LogP contribution in [0.1, 0.15) is 18.9 Å². The van der Waals surface area contributed by atoms with E-state index in [1.807, 2.05) is 0 Å². The van der Waals surface area contributed by atoms with Gasteiger partial charge in [-0.05, 0) is 25.5 Å². The molecule has 0 atom stereocenters. The number of hydrogen-bond acceptors (Lipinski definition) is 6. The molecule has 7 nitrogen and oxygen atoms in total. The van der Waals surface area contributed by atoms with E-state index in [9.17, 15) is 22.6 Å². The second-order valence-electron chi connectivity index (χ2n) is 4.20. The molecule has 110 valence electrons. The third kappa shape index (κ3) is 5.76. The third-order valence-corrected chi connectivity index (χ3v) is 3.43. The average Bonchev–Trinajstić information content (AvgIpc) is 2.26. The van der Waals surface area contributed by atoms with Crippen molar-refractivity contribution in [2.24, 2.45) is 0 Å². The van der Waals surface area contributed by atoms with Crippen molar-refractivity contribution in [2.75, 3.05) is 12.4 Å². The molecule has 0 radical (unpaired) electrons. The Morgan fingerprint density at radius 1 is 1.33 bits per heavy atom. The summed E-state index contributed by atoms with van der Waals surface area (Å²) in [6.45, 7) is 2.69. The Balaban J connectivity index is 0.00000400. The predicted octanol–water partition coefficient (Wildman–Crippen LogP) is -2.17. The van der Waals surface area contributed by atoms with E-state index in [4.69, 9.17) is 4.74 Å². The maximum absolute atomic E-state index is 11.5. The van der Waals surface area contributed by atoms with E-state index < -0.39 is 20.9 Å². The molecule has 0 unspecified atom stereocenters. The second kappa shape index (κ2) is 7.90. The normalized spacial score (nSPS) is 10.5. The Morgan fingerprint density at radius 3 is 2.33 bits per heavy atom. The van der Waals surface area contributed by atoms with Crippen molar-refractivity contribution in [3.63, 3.8) is 0 Å². The number of amides is 1.